The number of carbonyl (C=O) groups excluding carboxylic acids is 1. The molecule has 1 amide bonds. The van der Waals surface area contributed by atoms with Gasteiger partial charge in [0.15, 0.2) is 0 Å². The van der Waals surface area contributed by atoms with Crippen LogP contribution in [0.1, 0.15) is 12.5 Å². The highest BCUT2D eigenvalue weighted by molar-refractivity contribution is 7.81. The SMILES string of the molecule is Cc1c(Cl)cccc1NC(=O)C(C)S. The van der Waals surface area contributed by atoms with Gasteiger partial charge < -0.3 is 5.32 Å². The van der Waals surface area contributed by atoms with Crippen LogP contribution >= 0.6 is 24.2 Å². The molecule has 0 saturated carbocycles. The Balaban J connectivity index is 2.87. The molecule has 0 radical (unpaired) electrons. The van der Waals surface area contributed by atoms with Gasteiger partial charge in [0.2, 0.25) is 5.91 Å². The van der Waals surface area contributed by atoms with Crippen molar-refractivity contribution in [2.24, 2.45) is 0 Å². The normalized spacial score (nSPS) is 12.3. The molecule has 0 spiro atoms. The summed E-state index contributed by atoms with van der Waals surface area (Å²) in [6.07, 6.45) is 0. The molecule has 0 heterocycles. The van der Waals surface area contributed by atoms with Crippen molar-refractivity contribution in [2.45, 2.75) is 19.1 Å². The van der Waals surface area contributed by atoms with Crippen LogP contribution < -0.4 is 5.32 Å². The number of benzene rings is 1. The minimum atomic E-state index is -0.326. The number of halogens is 1. The van der Waals surface area contributed by atoms with Crippen LogP contribution in [0.25, 0.3) is 0 Å². The molecule has 2 nitrogen and oxygen atoms in total. The van der Waals surface area contributed by atoms with E-state index in [2.05, 4.69) is 17.9 Å². The lowest BCUT2D eigenvalue weighted by atomic mass is 10.2. The Labute approximate surface area is 94.1 Å². The van der Waals surface area contributed by atoms with Gasteiger partial charge in [-0.1, -0.05) is 17.7 Å². The monoisotopic (exact) mass is 229 g/mol. The van der Waals surface area contributed by atoms with E-state index < -0.39 is 0 Å². The molecule has 0 saturated heterocycles. The Bertz CT molecular complexity index is 352. The molecule has 0 bridgehead atoms. The first-order chi connectivity index (χ1) is 6.52. The van der Waals surface area contributed by atoms with Crippen LogP contribution in [0.15, 0.2) is 18.2 Å². The van der Waals surface area contributed by atoms with Gasteiger partial charge in [0.05, 0.1) is 5.25 Å². The molecule has 1 aromatic carbocycles. The van der Waals surface area contributed by atoms with Gasteiger partial charge in [-0.05, 0) is 31.5 Å². The molecule has 1 rings (SSSR count). The minimum Gasteiger partial charge on any atom is -0.325 e. The lowest BCUT2D eigenvalue weighted by Gasteiger charge is -2.10. The number of thiol groups is 1. The third-order valence-corrected chi connectivity index (χ3v) is 2.55. The lowest BCUT2D eigenvalue weighted by Crippen LogP contribution is -2.20. The van der Waals surface area contributed by atoms with Crippen LogP contribution in [-0.4, -0.2) is 11.2 Å². The molecule has 4 heteroatoms. The highest BCUT2D eigenvalue weighted by Gasteiger charge is 2.09. The van der Waals surface area contributed by atoms with Crippen LogP contribution in [0.2, 0.25) is 5.02 Å². The minimum absolute atomic E-state index is 0.126. The van der Waals surface area contributed by atoms with E-state index in [0.717, 1.165) is 11.3 Å². The molecule has 1 N–H and O–H groups in total. The third-order valence-electron chi connectivity index (χ3n) is 1.91. The summed E-state index contributed by atoms with van der Waals surface area (Å²) in [6.45, 7) is 3.58. The molecule has 1 unspecified atom stereocenters. The molecule has 0 aliphatic carbocycles. The van der Waals surface area contributed by atoms with Gasteiger partial charge in [0, 0.05) is 10.7 Å². The average molecular weight is 230 g/mol. The standard InChI is InChI=1S/C10H12ClNOS/c1-6-8(11)4-3-5-9(6)12-10(13)7(2)14/h3-5,7,14H,1-2H3,(H,12,13). The second-order valence-electron chi connectivity index (χ2n) is 3.08. The van der Waals surface area contributed by atoms with E-state index in [1.807, 2.05) is 13.0 Å². The number of rotatable bonds is 2. The zero-order valence-corrected chi connectivity index (χ0v) is 9.69. The summed E-state index contributed by atoms with van der Waals surface area (Å²) in [5.41, 5.74) is 1.61. The van der Waals surface area contributed by atoms with Crippen LogP contribution in [0.4, 0.5) is 5.69 Å². The molecule has 0 fully saturated rings. The number of carbonyl (C=O) groups is 1. The van der Waals surface area contributed by atoms with Crippen molar-refractivity contribution in [2.75, 3.05) is 5.32 Å². The fourth-order valence-electron chi connectivity index (χ4n) is 0.980. The van der Waals surface area contributed by atoms with Crippen molar-refractivity contribution >= 4 is 35.8 Å². The van der Waals surface area contributed by atoms with Gasteiger partial charge in [0.1, 0.15) is 0 Å². The van der Waals surface area contributed by atoms with E-state index in [1.165, 1.54) is 0 Å². The average Bonchev–Trinajstić information content (AvgIpc) is 2.12. The van der Waals surface area contributed by atoms with Gasteiger partial charge in [-0.25, -0.2) is 0 Å². The quantitative estimate of drug-likeness (QED) is 0.751. The first-order valence-electron chi connectivity index (χ1n) is 4.26. The fraction of sp³-hybridized carbons (Fsp3) is 0.300. The summed E-state index contributed by atoms with van der Waals surface area (Å²) in [4.78, 5) is 11.3. The molecule has 0 aliphatic rings. The zero-order valence-electron chi connectivity index (χ0n) is 8.04. The van der Waals surface area contributed by atoms with E-state index >= 15 is 0 Å². The van der Waals surface area contributed by atoms with E-state index in [9.17, 15) is 4.79 Å². The largest absolute Gasteiger partial charge is 0.325 e. The summed E-state index contributed by atoms with van der Waals surface area (Å²) in [6, 6.07) is 5.40. The van der Waals surface area contributed by atoms with Crippen molar-refractivity contribution in [3.63, 3.8) is 0 Å². The molecular weight excluding hydrogens is 218 g/mol. The second kappa shape index (κ2) is 4.71. The number of hydrogen-bond donors (Lipinski definition) is 2. The van der Waals surface area contributed by atoms with Gasteiger partial charge >= 0.3 is 0 Å². The highest BCUT2D eigenvalue weighted by atomic mass is 35.5. The number of anilines is 1. The first-order valence-corrected chi connectivity index (χ1v) is 5.16. The maximum Gasteiger partial charge on any atom is 0.236 e. The fourth-order valence-corrected chi connectivity index (χ4v) is 1.22. The molecular formula is C10H12ClNOS. The van der Waals surface area contributed by atoms with Crippen LogP contribution in [0, 0.1) is 6.92 Å². The maximum absolute atomic E-state index is 11.3. The third kappa shape index (κ3) is 2.66. The van der Waals surface area contributed by atoms with Crippen LogP contribution in [0.3, 0.4) is 0 Å². The number of hydrogen-bond acceptors (Lipinski definition) is 2. The Hall–Kier alpha value is -0.670. The van der Waals surface area contributed by atoms with Gasteiger partial charge in [-0.15, -0.1) is 0 Å². The van der Waals surface area contributed by atoms with Gasteiger partial charge in [0.25, 0.3) is 0 Å². The van der Waals surface area contributed by atoms with Crippen molar-refractivity contribution < 1.29 is 4.79 Å². The predicted octanol–water partition coefficient (Wildman–Crippen LogP) is 2.91. The molecule has 0 aromatic heterocycles. The van der Waals surface area contributed by atoms with Crippen molar-refractivity contribution in [1.29, 1.82) is 0 Å². The van der Waals surface area contributed by atoms with Crippen LogP contribution in [0.5, 0.6) is 0 Å². The summed E-state index contributed by atoms with van der Waals surface area (Å²) in [5, 5.41) is 3.07. The van der Waals surface area contributed by atoms with Gasteiger partial charge in [-0.2, -0.15) is 12.6 Å². The summed E-state index contributed by atoms with van der Waals surface area (Å²) in [7, 11) is 0. The summed E-state index contributed by atoms with van der Waals surface area (Å²) < 4.78 is 0. The van der Waals surface area contributed by atoms with Gasteiger partial charge in [-0.3, -0.25) is 4.79 Å². The Morgan fingerprint density at radius 3 is 2.79 bits per heavy atom. The van der Waals surface area contributed by atoms with Crippen molar-refractivity contribution in [1.82, 2.24) is 0 Å². The molecule has 1 aromatic rings. The summed E-state index contributed by atoms with van der Waals surface area (Å²) in [5.74, 6) is -0.126. The van der Waals surface area contributed by atoms with Crippen molar-refractivity contribution in [3.8, 4) is 0 Å². The Morgan fingerprint density at radius 1 is 1.57 bits per heavy atom. The lowest BCUT2D eigenvalue weighted by molar-refractivity contribution is -0.115. The van der Waals surface area contributed by atoms with E-state index in [1.54, 1.807) is 19.1 Å². The smallest absolute Gasteiger partial charge is 0.236 e. The highest BCUT2D eigenvalue weighted by Crippen LogP contribution is 2.23. The van der Waals surface area contributed by atoms with Crippen LogP contribution in [-0.2, 0) is 4.79 Å². The zero-order chi connectivity index (χ0) is 10.7. The van der Waals surface area contributed by atoms with Crippen molar-refractivity contribution in [3.05, 3.63) is 28.8 Å². The summed E-state index contributed by atoms with van der Waals surface area (Å²) >= 11 is 9.94. The molecule has 14 heavy (non-hydrogen) atoms. The maximum atomic E-state index is 11.3. The molecule has 1 atom stereocenters. The Morgan fingerprint density at radius 2 is 2.21 bits per heavy atom. The number of nitrogens with one attached hydrogen (secondary N) is 1. The predicted molar refractivity (Wildman–Crippen MR) is 63.3 cm³/mol. The van der Waals surface area contributed by atoms with E-state index in [4.69, 9.17) is 11.6 Å². The van der Waals surface area contributed by atoms with E-state index in [-0.39, 0.29) is 11.2 Å². The second-order valence-corrected chi connectivity index (χ2v) is 4.26. The number of amides is 1. The Kier molecular flexibility index (Phi) is 3.84. The molecule has 0 aliphatic heterocycles. The molecule has 76 valence electrons. The van der Waals surface area contributed by atoms with E-state index in [0.29, 0.717) is 5.02 Å². The topological polar surface area (TPSA) is 29.1 Å². The first kappa shape index (κ1) is 11.4.